The molecule has 0 aliphatic rings. The van der Waals surface area contributed by atoms with E-state index < -0.39 is 0 Å². The van der Waals surface area contributed by atoms with Gasteiger partial charge in [-0.2, -0.15) is 0 Å². The summed E-state index contributed by atoms with van der Waals surface area (Å²) in [7, 11) is 0. The summed E-state index contributed by atoms with van der Waals surface area (Å²) in [4.78, 5) is 0. The fourth-order valence-corrected chi connectivity index (χ4v) is 0. The van der Waals surface area contributed by atoms with Crippen LogP contribution in [0.2, 0.25) is 0 Å². The van der Waals surface area contributed by atoms with Crippen molar-refractivity contribution in [1.82, 2.24) is 0 Å². The average molecular weight is 529 g/mol. The molecule has 0 saturated carbocycles. The monoisotopic (exact) mass is 531 g/mol. The van der Waals surface area contributed by atoms with E-state index in [-0.39, 0.29) is 202 Å². The minimum Gasteiger partial charge on any atom is 0 e. The Kier molecular flexibility index (Phi) is 268. The van der Waals surface area contributed by atoms with Crippen LogP contribution in [0.15, 0.2) is 0 Å². The molecule has 0 unspecified atom stereocenters. The third-order valence-corrected chi connectivity index (χ3v) is 0. The summed E-state index contributed by atoms with van der Waals surface area (Å²) in [5.74, 6) is 0. The molecule has 7 heteroatoms. The largest absolute Gasteiger partial charge is 0 e. The second-order valence-corrected chi connectivity index (χ2v) is 0. The van der Waals surface area contributed by atoms with Gasteiger partial charge in [0, 0.05) is 202 Å². The first-order chi connectivity index (χ1) is 0. The summed E-state index contributed by atoms with van der Waals surface area (Å²) in [6.45, 7) is 0. The molecule has 0 aromatic rings. The van der Waals surface area contributed by atoms with Crippen LogP contribution in [-0.2, 0) is 0 Å². The van der Waals surface area contributed by atoms with Crippen LogP contribution in [0.25, 0.3) is 0 Å². The molecule has 0 saturated heterocycles. The first kappa shape index (κ1) is 48.8. The van der Waals surface area contributed by atoms with Crippen molar-refractivity contribution >= 4 is 202 Å². The molecular formula is Na5Pb2. The maximum Gasteiger partial charge on any atom is 0 e. The maximum absolute atomic E-state index is 0. The third-order valence-electron chi connectivity index (χ3n) is 0. The SMILES string of the molecule is [Na].[Na].[Na].[Na].[Na].[Pb].[Pb]. The quantitative estimate of drug-likeness (QED) is 0.301. The summed E-state index contributed by atoms with van der Waals surface area (Å²) < 4.78 is 0. The Balaban J connectivity index is 0. The zero-order chi connectivity index (χ0) is 0. The molecule has 13 valence electrons. The van der Waals surface area contributed by atoms with Gasteiger partial charge >= 0.3 is 0 Å². The van der Waals surface area contributed by atoms with Crippen molar-refractivity contribution in [2.75, 3.05) is 0 Å². The first-order valence-electron chi connectivity index (χ1n) is 0. The van der Waals surface area contributed by atoms with Crippen LogP contribution in [0.1, 0.15) is 0 Å². The van der Waals surface area contributed by atoms with Crippen LogP contribution >= 0.6 is 0 Å². The van der Waals surface area contributed by atoms with Crippen molar-refractivity contribution < 1.29 is 0 Å². The van der Waals surface area contributed by atoms with Crippen molar-refractivity contribution in [3.05, 3.63) is 0 Å². The van der Waals surface area contributed by atoms with E-state index in [0.29, 0.717) is 0 Å². The average Bonchev–Trinajstić information content (AvgIpc) is 0. The van der Waals surface area contributed by atoms with Gasteiger partial charge in [0.2, 0.25) is 0 Å². The van der Waals surface area contributed by atoms with Crippen molar-refractivity contribution in [3.63, 3.8) is 0 Å². The predicted octanol–water partition coefficient (Wildman–Crippen LogP) is -2.67. The molecule has 0 fully saturated rings. The van der Waals surface area contributed by atoms with Gasteiger partial charge in [0.1, 0.15) is 0 Å². The molecule has 0 N–H and O–H groups in total. The zero-order valence-corrected chi connectivity index (χ0v) is 23.8. The van der Waals surface area contributed by atoms with Gasteiger partial charge in [0.15, 0.2) is 0 Å². The van der Waals surface area contributed by atoms with Gasteiger partial charge in [0.05, 0.1) is 0 Å². The second-order valence-electron chi connectivity index (χ2n) is 0. The molecule has 0 heterocycles. The fourth-order valence-electron chi connectivity index (χ4n) is 0. The Hall–Kier alpha value is 6.84. The molecule has 0 aromatic heterocycles. The normalized spacial score (nSPS) is 0. The first-order valence-corrected chi connectivity index (χ1v) is 0. The third kappa shape index (κ3) is 32.2. The molecular weight excluding hydrogens is 529 g/mol. The summed E-state index contributed by atoms with van der Waals surface area (Å²) >= 11 is 0. The van der Waals surface area contributed by atoms with E-state index in [1.54, 1.807) is 0 Å². The predicted molar refractivity (Wildman–Crippen MR) is 40.3 cm³/mol. The van der Waals surface area contributed by atoms with E-state index >= 15 is 0 Å². The van der Waals surface area contributed by atoms with Gasteiger partial charge in [-0.15, -0.1) is 0 Å². The number of hydrogen-bond acceptors (Lipinski definition) is 0. The zero-order valence-electron chi connectivity index (χ0n) is 6.00. The van der Waals surface area contributed by atoms with Gasteiger partial charge in [-0.05, 0) is 0 Å². The Morgan fingerprint density at radius 1 is 0.286 bits per heavy atom. The van der Waals surface area contributed by atoms with E-state index in [1.165, 1.54) is 0 Å². The van der Waals surface area contributed by atoms with E-state index in [9.17, 15) is 0 Å². The summed E-state index contributed by atoms with van der Waals surface area (Å²) in [5, 5.41) is 0. The van der Waals surface area contributed by atoms with Crippen LogP contribution in [0.4, 0.5) is 0 Å². The summed E-state index contributed by atoms with van der Waals surface area (Å²) in [6.07, 6.45) is 0. The molecule has 7 heavy (non-hydrogen) atoms. The molecule has 0 nitrogen and oxygen atoms in total. The molecule has 13 radical (unpaired) electrons. The van der Waals surface area contributed by atoms with Crippen LogP contribution < -0.4 is 0 Å². The van der Waals surface area contributed by atoms with Gasteiger partial charge in [-0.3, -0.25) is 0 Å². The van der Waals surface area contributed by atoms with E-state index in [4.69, 9.17) is 0 Å². The van der Waals surface area contributed by atoms with Crippen LogP contribution in [0, 0.1) is 0 Å². The molecule has 0 aliphatic carbocycles. The van der Waals surface area contributed by atoms with Crippen molar-refractivity contribution in [3.8, 4) is 0 Å². The number of hydrogen-bond donors (Lipinski definition) is 0. The topological polar surface area (TPSA) is 0 Å². The Labute approximate surface area is 196 Å². The Bertz CT molecular complexity index is 6.04. The minimum atomic E-state index is 0. The fraction of sp³-hybridized carbons (Fsp3) is 0. The van der Waals surface area contributed by atoms with E-state index in [2.05, 4.69) is 0 Å². The van der Waals surface area contributed by atoms with Gasteiger partial charge in [0.25, 0.3) is 0 Å². The van der Waals surface area contributed by atoms with E-state index in [0.717, 1.165) is 0 Å². The maximum atomic E-state index is 0. The second kappa shape index (κ2) is 38.5. The standard InChI is InChI=1S/5Na.2Pb. The molecule has 0 aliphatic heterocycles. The van der Waals surface area contributed by atoms with Crippen molar-refractivity contribution in [2.45, 2.75) is 0 Å². The van der Waals surface area contributed by atoms with Crippen LogP contribution in [0.3, 0.4) is 0 Å². The van der Waals surface area contributed by atoms with Gasteiger partial charge < -0.3 is 0 Å². The van der Waals surface area contributed by atoms with Crippen molar-refractivity contribution in [1.29, 1.82) is 0 Å². The Morgan fingerprint density at radius 2 is 0.286 bits per heavy atom. The van der Waals surface area contributed by atoms with Crippen LogP contribution in [-0.4, -0.2) is 202 Å². The van der Waals surface area contributed by atoms with Gasteiger partial charge in [-0.25, -0.2) is 0 Å². The number of rotatable bonds is 0. The molecule has 0 atom stereocenters. The van der Waals surface area contributed by atoms with Crippen molar-refractivity contribution in [2.24, 2.45) is 0 Å². The van der Waals surface area contributed by atoms with Crippen LogP contribution in [0.5, 0.6) is 0 Å². The summed E-state index contributed by atoms with van der Waals surface area (Å²) in [5.41, 5.74) is 0. The smallest absolute Gasteiger partial charge is 0 e. The molecule has 0 amide bonds. The Morgan fingerprint density at radius 3 is 0.286 bits per heavy atom. The van der Waals surface area contributed by atoms with Gasteiger partial charge in [-0.1, -0.05) is 0 Å². The molecule has 0 bridgehead atoms. The molecule has 0 rings (SSSR count). The molecule has 0 spiro atoms. The summed E-state index contributed by atoms with van der Waals surface area (Å²) in [6, 6.07) is 0. The molecule has 0 aromatic carbocycles. The van der Waals surface area contributed by atoms with E-state index in [1.807, 2.05) is 0 Å². The minimum absolute atomic E-state index is 0.